The second-order valence-corrected chi connectivity index (χ2v) is 6.05. The van der Waals surface area contributed by atoms with Crippen molar-refractivity contribution < 1.29 is 9.53 Å². The van der Waals surface area contributed by atoms with Gasteiger partial charge in [-0.05, 0) is 37.1 Å². The molecule has 1 aliphatic rings. The van der Waals surface area contributed by atoms with Gasteiger partial charge in [-0.3, -0.25) is 4.79 Å². The molecule has 4 rings (SSSR count). The van der Waals surface area contributed by atoms with Gasteiger partial charge >= 0.3 is 0 Å². The van der Waals surface area contributed by atoms with E-state index >= 15 is 0 Å². The van der Waals surface area contributed by atoms with Crippen LogP contribution >= 0.6 is 0 Å². The van der Waals surface area contributed by atoms with E-state index in [0.29, 0.717) is 12.4 Å². The molecule has 122 valence electrons. The molecule has 2 aromatic carbocycles. The van der Waals surface area contributed by atoms with E-state index in [1.165, 1.54) is 0 Å². The highest BCUT2D eigenvalue weighted by atomic mass is 16.5. The van der Waals surface area contributed by atoms with Crippen LogP contribution in [0.25, 0.3) is 11.0 Å². The summed E-state index contributed by atoms with van der Waals surface area (Å²) in [5, 5.41) is 0. The van der Waals surface area contributed by atoms with Crippen LogP contribution < -0.4 is 4.74 Å². The van der Waals surface area contributed by atoms with E-state index in [1.807, 2.05) is 59.5 Å². The number of H-pyrrole nitrogens is 1. The number of nitrogens with one attached hydrogen (secondary N) is 1. The number of piperidine rings is 1. The monoisotopic (exact) mass is 321 g/mol. The molecule has 5 heteroatoms. The molecule has 1 aliphatic heterocycles. The van der Waals surface area contributed by atoms with E-state index in [1.54, 1.807) is 0 Å². The van der Waals surface area contributed by atoms with E-state index < -0.39 is 0 Å². The third-order valence-electron chi connectivity index (χ3n) is 4.30. The number of imidazole rings is 1. The number of ether oxygens (including phenoxy) is 1. The van der Waals surface area contributed by atoms with Gasteiger partial charge in [0.2, 0.25) is 0 Å². The summed E-state index contributed by atoms with van der Waals surface area (Å²) in [7, 11) is 0. The van der Waals surface area contributed by atoms with Crippen molar-refractivity contribution in [3.8, 4) is 5.75 Å². The van der Waals surface area contributed by atoms with Crippen LogP contribution in [-0.2, 0) is 0 Å². The largest absolute Gasteiger partial charge is 0.489 e. The Hall–Kier alpha value is -2.82. The molecule has 0 saturated carbocycles. The van der Waals surface area contributed by atoms with Crippen LogP contribution in [0.15, 0.2) is 54.6 Å². The number of aromatic nitrogens is 2. The first kappa shape index (κ1) is 14.8. The molecule has 3 aromatic rings. The number of para-hydroxylation sites is 3. The summed E-state index contributed by atoms with van der Waals surface area (Å²) in [5.41, 5.74) is 1.70. The zero-order valence-corrected chi connectivity index (χ0v) is 13.3. The molecule has 5 nitrogen and oxygen atoms in total. The number of benzene rings is 2. The predicted molar refractivity (Wildman–Crippen MR) is 92.1 cm³/mol. The van der Waals surface area contributed by atoms with Crippen molar-refractivity contribution in [2.24, 2.45) is 0 Å². The summed E-state index contributed by atoms with van der Waals surface area (Å²) in [6.45, 7) is 1.33. The van der Waals surface area contributed by atoms with Crippen molar-refractivity contribution in [1.82, 2.24) is 14.9 Å². The number of hydrogen-bond donors (Lipinski definition) is 1. The van der Waals surface area contributed by atoms with Crippen LogP contribution in [0.1, 0.15) is 23.5 Å². The van der Waals surface area contributed by atoms with Gasteiger partial charge in [-0.1, -0.05) is 30.3 Å². The highest BCUT2D eigenvalue weighted by Gasteiger charge is 2.27. The number of fused-ring (bicyclic) bond motifs is 1. The maximum absolute atomic E-state index is 12.7. The summed E-state index contributed by atoms with van der Waals surface area (Å²) < 4.78 is 6.01. The van der Waals surface area contributed by atoms with Crippen molar-refractivity contribution in [3.63, 3.8) is 0 Å². The SMILES string of the molecule is O=C(c1nc2ccccc2[nH]1)N1CCC[C@@H](Oc2ccccc2)C1. The molecule has 0 spiro atoms. The molecule has 0 bridgehead atoms. The van der Waals surface area contributed by atoms with E-state index in [9.17, 15) is 4.79 Å². The van der Waals surface area contributed by atoms with Crippen molar-refractivity contribution in [3.05, 3.63) is 60.4 Å². The Kier molecular flexibility index (Phi) is 3.91. The smallest absolute Gasteiger partial charge is 0.289 e. The first-order valence-corrected chi connectivity index (χ1v) is 8.25. The molecule has 1 saturated heterocycles. The lowest BCUT2D eigenvalue weighted by atomic mass is 10.1. The molecule has 1 aromatic heterocycles. The third kappa shape index (κ3) is 2.97. The van der Waals surface area contributed by atoms with Gasteiger partial charge in [-0.15, -0.1) is 0 Å². The number of likely N-dealkylation sites (tertiary alicyclic amines) is 1. The van der Waals surface area contributed by atoms with Crippen LogP contribution in [0.3, 0.4) is 0 Å². The maximum atomic E-state index is 12.7. The fourth-order valence-electron chi connectivity index (χ4n) is 3.11. The maximum Gasteiger partial charge on any atom is 0.289 e. The first-order valence-electron chi connectivity index (χ1n) is 8.25. The summed E-state index contributed by atoms with van der Waals surface area (Å²) in [5.74, 6) is 1.18. The Bertz CT molecular complexity index is 811. The fourth-order valence-corrected chi connectivity index (χ4v) is 3.11. The lowest BCUT2D eigenvalue weighted by Gasteiger charge is -2.32. The van der Waals surface area contributed by atoms with Gasteiger partial charge in [0, 0.05) is 6.54 Å². The van der Waals surface area contributed by atoms with Crippen LogP contribution in [-0.4, -0.2) is 40.0 Å². The van der Waals surface area contributed by atoms with Crippen LogP contribution in [0, 0.1) is 0 Å². The van der Waals surface area contributed by atoms with Gasteiger partial charge in [0.1, 0.15) is 11.9 Å². The highest BCUT2D eigenvalue weighted by molar-refractivity contribution is 5.94. The molecule has 1 N–H and O–H groups in total. The normalized spacial score (nSPS) is 17.8. The minimum Gasteiger partial charge on any atom is -0.489 e. The summed E-state index contributed by atoms with van der Waals surface area (Å²) in [6.07, 6.45) is 1.91. The minimum absolute atomic E-state index is 0.0227. The van der Waals surface area contributed by atoms with Gasteiger partial charge in [0.15, 0.2) is 5.82 Å². The molecular formula is C19H19N3O2. The Morgan fingerprint density at radius 2 is 1.92 bits per heavy atom. The van der Waals surface area contributed by atoms with Gasteiger partial charge < -0.3 is 14.6 Å². The highest BCUT2D eigenvalue weighted by Crippen LogP contribution is 2.20. The average molecular weight is 321 g/mol. The number of hydrogen-bond acceptors (Lipinski definition) is 3. The third-order valence-corrected chi connectivity index (χ3v) is 4.30. The molecule has 1 amide bonds. The summed E-state index contributed by atoms with van der Waals surface area (Å²) in [6, 6.07) is 17.4. The van der Waals surface area contributed by atoms with E-state index in [2.05, 4.69) is 9.97 Å². The van der Waals surface area contributed by atoms with Gasteiger partial charge in [0.05, 0.1) is 17.6 Å². The Morgan fingerprint density at radius 1 is 1.12 bits per heavy atom. The molecule has 0 aliphatic carbocycles. The van der Waals surface area contributed by atoms with Crippen molar-refractivity contribution >= 4 is 16.9 Å². The molecule has 0 unspecified atom stereocenters. The molecule has 2 heterocycles. The van der Waals surface area contributed by atoms with E-state index in [4.69, 9.17) is 4.74 Å². The quantitative estimate of drug-likeness (QED) is 0.805. The van der Waals surface area contributed by atoms with E-state index in [0.717, 1.165) is 36.2 Å². The summed E-state index contributed by atoms with van der Waals surface area (Å²) >= 11 is 0. The lowest BCUT2D eigenvalue weighted by Crippen LogP contribution is -2.44. The zero-order chi connectivity index (χ0) is 16.4. The Morgan fingerprint density at radius 3 is 2.75 bits per heavy atom. The predicted octanol–water partition coefficient (Wildman–Crippen LogP) is 3.25. The fraction of sp³-hybridized carbons (Fsp3) is 0.263. The van der Waals surface area contributed by atoms with Crippen molar-refractivity contribution in [2.75, 3.05) is 13.1 Å². The van der Waals surface area contributed by atoms with Gasteiger partial charge in [-0.25, -0.2) is 4.98 Å². The minimum atomic E-state index is -0.0624. The second-order valence-electron chi connectivity index (χ2n) is 6.05. The zero-order valence-electron chi connectivity index (χ0n) is 13.3. The Balaban J connectivity index is 1.48. The first-order chi connectivity index (χ1) is 11.8. The number of carbonyl (C=O) groups is 1. The molecular weight excluding hydrogens is 302 g/mol. The number of aromatic amines is 1. The molecule has 1 atom stereocenters. The summed E-state index contributed by atoms with van der Waals surface area (Å²) in [4.78, 5) is 22.1. The topological polar surface area (TPSA) is 58.2 Å². The lowest BCUT2D eigenvalue weighted by molar-refractivity contribution is 0.0528. The molecule has 24 heavy (non-hydrogen) atoms. The molecule has 1 fully saturated rings. The van der Waals surface area contributed by atoms with Gasteiger partial charge in [-0.2, -0.15) is 0 Å². The van der Waals surface area contributed by atoms with Crippen molar-refractivity contribution in [1.29, 1.82) is 0 Å². The van der Waals surface area contributed by atoms with E-state index in [-0.39, 0.29) is 12.0 Å². The second kappa shape index (κ2) is 6.35. The van der Waals surface area contributed by atoms with Gasteiger partial charge in [0.25, 0.3) is 5.91 Å². The average Bonchev–Trinajstić information content (AvgIpc) is 3.06. The number of amides is 1. The van der Waals surface area contributed by atoms with Crippen LogP contribution in [0.2, 0.25) is 0 Å². The van der Waals surface area contributed by atoms with Crippen molar-refractivity contribution in [2.45, 2.75) is 18.9 Å². The number of carbonyl (C=O) groups excluding carboxylic acids is 1. The number of nitrogens with zero attached hydrogens (tertiary/aromatic N) is 2. The Labute approximate surface area is 140 Å². The van der Waals surface area contributed by atoms with Crippen LogP contribution in [0.5, 0.6) is 5.75 Å². The molecule has 0 radical (unpaired) electrons. The van der Waals surface area contributed by atoms with Crippen LogP contribution in [0.4, 0.5) is 0 Å². The standard InChI is InChI=1S/C19H19N3O2/c23-19(18-20-16-10-4-5-11-17(16)21-18)22-12-6-9-15(13-22)24-14-7-2-1-3-8-14/h1-5,7-8,10-11,15H,6,9,12-13H2,(H,20,21)/t15-/m1/s1. The number of rotatable bonds is 3.